The van der Waals surface area contributed by atoms with E-state index in [0.717, 1.165) is 5.56 Å². The first kappa shape index (κ1) is 36.4. The van der Waals surface area contributed by atoms with Gasteiger partial charge in [0.25, 0.3) is 0 Å². The van der Waals surface area contributed by atoms with Crippen molar-refractivity contribution >= 4 is 53.0 Å². The maximum Gasteiger partial charge on any atom is 0.407 e. The van der Waals surface area contributed by atoms with Crippen LogP contribution in [-0.4, -0.2) is 88.2 Å². The molecule has 248 valence electrons. The Labute approximate surface area is 272 Å². The SMILES string of the molecule is CC(C)(C)OC(=O)N[C@@H](CCC1OC2COC(C)(C)OC2C(O)C1NC(=O)OCC(Cl)(Cl)Cl)CC(=O)OCc1ccccc1. The lowest BCUT2D eigenvalue weighted by molar-refractivity contribution is -0.348. The first-order valence-electron chi connectivity index (χ1n) is 14.3. The van der Waals surface area contributed by atoms with Gasteiger partial charge in [-0.25, -0.2) is 9.59 Å². The van der Waals surface area contributed by atoms with E-state index in [1.165, 1.54) is 0 Å². The molecule has 0 aromatic heterocycles. The molecule has 3 rings (SSSR count). The molecular formula is C29H41Cl3N2O10. The molecule has 3 N–H and O–H groups in total. The number of alkyl halides is 3. The highest BCUT2D eigenvalue weighted by molar-refractivity contribution is 6.67. The number of ether oxygens (including phenoxy) is 6. The number of esters is 1. The highest BCUT2D eigenvalue weighted by Gasteiger charge is 2.51. The number of hydrogen-bond acceptors (Lipinski definition) is 10. The van der Waals surface area contributed by atoms with E-state index < -0.39 is 76.4 Å². The minimum atomic E-state index is -1.84. The summed E-state index contributed by atoms with van der Waals surface area (Å²) in [6.07, 6.45) is -5.04. The normalized spacial score (nSPS) is 25.6. The molecule has 0 saturated carbocycles. The van der Waals surface area contributed by atoms with Crippen molar-refractivity contribution in [1.29, 1.82) is 0 Å². The Bertz CT molecular complexity index is 1110. The van der Waals surface area contributed by atoms with E-state index in [4.69, 9.17) is 63.2 Å². The van der Waals surface area contributed by atoms with E-state index in [-0.39, 0.29) is 32.5 Å². The van der Waals surface area contributed by atoms with E-state index in [0.29, 0.717) is 0 Å². The second kappa shape index (κ2) is 15.5. The quantitative estimate of drug-likeness (QED) is 0.182. The molecule has 0 bridgehead atoms. The van der Waals surface area contributed by atoms with Gasteiger partial charge in [0.2, 0.25) is 3.79 Å². The predicted octanol–water partition coefficient (Wildman–Crippen LogP) is 4.54. The second-order valence-corrected chi connectivity index (χ2v) is 14.6. The van der Waals surface area contributed by atoms with Gasteiger partial charge in [0.1, 0.15) is 37.1 Å². The fourth-order valence-corrected chi connectivity index (χ4v) is 4.93. The predicted molar refractivity (Wildman–Crippen MR) is 161 cm³/mol. The largest absolute Gasteiger partial charge is 0.461 e. The van der Waals surface area contributed by atoms with Crippen molar-refractivity contribution in [2.45, 2.75) is 112 Å². The van der Waals surface area contributed by atoms with Crippen LogP contribution in [-0.2, 0) is 39.8 Å². The Kier molecular flexibility index (Phi) is 12.8. The number of alkyl carbamates (subject to hydrolysis) is 2. The molecule has 44 heavy (non-hydrogen) atoms. The van der Waals surface area contributed by atoms with E-state index >= 15 is 0 Å². The van der Waals surface area contributed by atoms with Crippen molar-refractivity contribution in [2.24, 2.45) is 0 Å². The molecule has 5 unspecified atom stereocenters. The van der Waals surface area contributed by atoms with Gasteiger partial charge >= 0.3 is 18.2 Å². The number of halogens is 3. The number of carbonyl (C=O) groups is 3. The summed E-state index contributed by atoms with van der Waals surface area (Å²) < 4.78 is 31.9. The van der Waals surface area contributed by atoms with Gasteiger partial charge in [0.15, 0.2) is 5.79 Å². The van der Waals surface area contributed by atoms with Crippen LogP contribution in [0.4, 0.5) is 9.59 Å². The van der Waals surface area contributed by atoms with Gasteiger partial charge < -0.3 is 44.2 Å². The van der Waals surface area contributed by atoms with Gasteiger partial charge in [-0.1, -0.05) is 65.1 Å². The van der Waals surface area contributed by atoms with Gasteiger partial charge in [-0.3, -0.25) is 4.79 Å². The molecule has 2 saturated heterocycles. The number of nitrogens with one attached hydrogen (secondary N) is 2. The van der Waals surface area contributed by atoms with E-state index in [1.807, 2.05) is 30.3 Å². The number of amides is 2. The maximum absolute atomic E-state index is 12.8. The Balaban J connectivity index is 1.73. The smallest absolute Gasteiger partial charge is 0.407 e. The number of rotatable bonds is 10. The summed E-state index contributed by atoms with van der Waals surface area (Å²) in [4.78, 5) is 38.0. The van der Waals surface area contributed by atoms with Crippen LogP contribution in [0.2, 0.25) is 0 Å². The number of fused-ring (bicyclic) bond motifs is 1. The third-order valence-electron chi connectivity index (χ3n) is 6.66. The van der Waals surface area contributed by atoms with Crippen LogP contribution in [0, 0.1) is 0 Å². The number of benzene rings is 1. The molecule has 2 aliphatic heterocycles. The number of hydrogen-bond donors (Lipinski definition) is 3. The van der Waals surface area contributed by atoms with E-state index in [9.17, 15) is 19.5 Å². The first-order valence-corrected chi connectivity index (χ1v) is 15.4. The van der Waals surface area contributed by atoms with Gasteiger partial charge in [-0.15, -0.1) is 0 Å². The molecule has 2 fully saturated rings. The standard InChI is InChI=1S/C29H41Cl3N2O10/c1-27(2,3)44-26(38)33-18(13-21(35)39-14-17-9-7-6-8-10-17)11-12-19-22(34-25(37)40-16-29(30,31)32)23(36)24-20(42-19)15-41-28(4,5)43-24/h6-10,18-20,22-24,36H,11-16H2,1-5H3,(H,33,38)(H,34,37)/t18-,19?,20?,22?,23?,24?/m0/s1. The zero-order valence-corrected chi connectivity index (χ0v) is 27.6. The summed E-state index contributed by atoms with van der Waals surface area (Å²) in [5.74, 6) is -1.54. The van der Waals surface area contributed by atoms with Crippen molar-refractivity contribution in [3.8, 4) is 0 Å². The molecule has 12 nitrogen and oxygen atoms in total. The van der Waals surface area contributed by atoms with E-state index in [1.54, 1.807) is 34.6 Å². The van der Waals surface area contributed by atoms with Gasteiger partial charge in [0.05, 0.1) is 25.2 Å². The number of carbonyl (C=O) groups excluding carboxylic acids is 3. The lowest BCUT2D eigenvalue weighted by Crippen LogP contribution is -2.68. The number of aliphatic hydroxyl groups is 1. The number of aliphatic hydroxyl groups excluding tert-OH is 1. The Morgan fingerprint density at radius 1 is 1.09 bits per heavy atom. The van der Waals surface area contributed by atoms with E-state index in [2.05, 4.69) is 10.6 Å². The minimum absolute atomic E-state index is 0.0679. The monoisotopic (exact) mass is 682 g/mol. The maximum atomic E-state index is 12.8. The van der Waals surface area contributed by atoms with Crippen LogP contribution in [0.25, 0.3) is 0 Å². The van der Waals surface area contributed by atoms with Gasteiger partial charge in [0, 0.05) is 6.04 Å². The molecule has 1 aromatic rings. The summed E-state index contributed by atoms with van der Waals surface area (Å²) in [7, 11) is 0. The van der Waals surface area contributed by atoms with Crippen LogP contribution >= 0.6 is 34.8 Å². The van der Waals surface area contributed by atoms with Crippen molar-refractivity contribution in [3.05, 3.63) is 35.9 Å². The third-order valence-corrected chi connectivity index (χ3v) is 6.99. The Morgan fingerprint density at radius 2 is 1.77 bits per heavy atom. The molecule has 0 spiro atoms. The fraction of sp³-hybridized carbons (Fsp3) is 0.690. The van der Waals surface area contributed by atoms with Crippen LogP contribution in [0.15, 0.2) is 30.3 Å². The topological polar surface area (TPSA) is 151 Å². The summed E-state index contributed by atoms with van der Waals surface area (Å²) in [5, 5.41) is 16.7. The Morgan fingerprint density at radius 3 is 2.41 bits per heavy atom. The molecule has 1 aromatic carbocycles. The van der Waals surface area contributed by atoms with Crippen molar-refractivity contribution in [1.82, 2.24) is 10.6 Å². The molecule has 2 aliphatic rings. The minimum Gasteiger partial charge on any atom is -0.461 e. The zero-order valence-electron chi connectivity index (χ0n) is 25.3. The summed E-state index contributed by atoms with van der Waals surface area (Å²) >= 11 is 17.1. The highest BCUT2D eigenvalue weighted by Crippen LogP contribution is 2.34. The fourth-order valence-electron chi connectivity index (χ4n) is 4.77. The first-order chi connectivity index (χ1) is 20.4. The van der Waals surface area contributed by atoms with Crippen LogP contribution in [0.1, 0.15) is 59.4 Å². The zero-order chi connectivity index (χ0) is 32.7. The second-order valence-electron chi connectivity index (χ2n) is 12.1. The Hall–Kier alpha value is -2.06. The average Bonchev–Trinajstić information content (AvgIpc) is 2.90. The van der Waals surface area contributed by atoms with Crippen LogP contribution in [0.3, 0.4) is 0 Å². The summed E-state index contributed by atoms with van der Waals surface area (Å²) in [5.41, 5.74) is 0.0394. The van der Waals surface area contributed by atoms with Crippen LogP contribution < -0.4 is 10.6 Å². The van der Waals surface area contributed by atoms with Crippen LogP contribution in [0.5, 0.6) is 0 Å². The van der Waals surface area contributed by atoms with Gasteiger partial charge in [-0.05, 0) is 53.0 Å². The van der Waals surface area contributed by atoms with Gasteiger partial charge in [-0.2, -0.15) is 0 Å². The molecule has 2 heterocycles. The molecular weight excluding hydrogens is 643 g/mol. The lowest BCUT2D eigenvalue weighted by atomic mass is 9.88. The summed E-state index contributed by atoms with van der Waals surface area (Å²) in [6, 6.07) is 7.41. The molecule has 0 radical (unpaired) electrons. The average molecular weight is 684 g/mol. The molecule has 2 amide bonds. The molecule has 15 heteroatoms. The molecule has 6 atom stereocenters. The lowest BCUT2D eigenvalue weighted by Gasteiger charge is -2.50. The van der Waals surface area contributed by atoms with Crippen molar-refractivity contribution in [2.75, 3.05) is 13.2 Å². The summed E-state index contributed by atoms with van der Waals surface area (Å²) in [6.45, 7) is 8.21. The van der Waals surface area contributed by atoms with Crippen molar-refractivity contribution in [3.63, 3.8) is 0 Å². The molecule has 0 aliphatic carbocycles. The highest BCUT2D eigenvalue weighted by atomic mass is 35.6. The third kappa shape index (κ3) is 12.4. The van der Waals surface area contributed by atoms with Crippen molar-refractivity contribution < 1.29 is 47.9 Å².